The van der Waals surface area contributed by atoms with Crippen molar-refractivity contribution in [1.29, 1.82) is 5.26 Å². The Balaban J connectivity index is 2.63. The van der Waals surface area contributed by atoms with Gasteiger partial charge in [0.15, 0.2) is 0 Å². The molecule has 82 valence electrons. The minimum Gasteiger partial charge on any atom is -0.367 e. The summed E-state index contributed by atoms with van der Waals surface area (Å²) in [5.74, 6) is 0. The highest BCUT2D eigenvalue weighted by atomic mass is 15.0. The van der Waals surface area contributed by atoms with Crippen LogP contribution in [0.4, 0.5) is 0 Å². The number of nitrogens with zero attached hydrogens (tertiary/aromatic N) is 1. The largest absolute Gasteiger partial charge is 0.367 e. The molecular weight excluding hydrogens is 186 g/mol. The fraction of sp³-hybridized carbons (Fsp3) is 0.583. The minimum absolute atomic E-state index is 0.0358. The van der Waals surface area contributed by atoms with Gasteiger partial charge in [0, 0.05) is 24.4 Å². The zero-order valence-corrected chi connectivity index (χ0v) is 9.89. The average Bonchev–Trinajstić information content (AvgIpc) is 2.69. The lowest BCUT2D eigenvalue weighted by Gasteiger charge is -2.28. The Hall–Kier alpha value is -1.27. The second kappa shape index (κ2) is 4.08. The Morgan fingerprint density at radius 3 is 2.53 bits per heavy atom. The van der Waals surface area contributed by atoms with Gasteiger partial charge in [0.1, 0.15) is 5.54 Å². The van der Waals surface area contributed by atoms with E-state index < -0.39 is 5.54 Å². The van der Waals surface area contributed by atoms with Crippen LogP contribution in [0.5, 0.6) is 0 Å². The summed E-state index contributed by atoms with van der Waals surface area (Å²) < 4.78 is 0. The highest BCUT2D eigenvalue weighted by molar-refractivity contribution is 5.20. The maximum Gasteiger partial charge on any atom is 0.101 e. The fourth-order valence-corrected chi connectivity index (χ4v) is 1.33. The predicted molar refractivity (Wildman–Crippen MR) is 61.5 cm³/mol. The Bertz CT molecular complexity index is 341. The first-order valence-corrected chi connectivity index (χ1v) is 5.17. The molecule has 0 amide bonds. The first-order chi connectivity index (χ1) is 6.87. The van der Waals surface area contributed by atoms with Crippen molar-refractivity contribution in [3.8, 4) is 6.07 Å². The van der Waals surface area contributed by atoms with Crippen molar-refractivity contribution < 1.29 is 0 Å². The number of H-pyrrole nitrogens is 1. The van der Waals surface area contributed by atoms with Crippen LogP contribution >= 0.6 is 0 Å². The summed E-state index contributed by atoms with van der Waals surface area (Å²) in [4.78, 5) is 3.05. The summed E-state index contributed by atoms with van der Waals surface area (Å²) in [7, 11) is 0. The fourth-order valence-electron chi connectivity index (χ4n) is 1.33. The smallest absolute Gasteiger partial charge is 0.101 e. The summed E-state index contributed by atoms with van der Waals surface area (Å²) in [6.07, 6.45) is 3.92. The molecule has 0 bridgehead atoms. The molecule has 0 radical (unpaired) electrons. The zero-order valence-electron chi connectivity index (χ0n) is 9.89. The summed E-state index contributed by atoms with van der Waals surface area (Å²) >= 11 is 0. The van der Waals surface area contributed by atoms with Gasteiger partial charge in [0.05, 0.1) is 6.07 Å². The lowest BCUT2D eigenvalue weighted by Crippen LogP contribution is -2.44. The SMILES string of the molecule is CC(C)(C#N)NCC(C)(C)c1cc[nH]c1. The summed E-state index contributed by atoms with van der Waals surface area (Å²) in [5.41, 5.74) is 0.825. The van der Waals surface area contributed by atoms with Gasteiger partial charge in [-0.2, -0.15) is 5.26 Å². The Kier molecular flexibility index (Phi) is 3.21. The van der Waals surface area contributed by atoms with E-state index in [2.05, 4.69) is 36.3 Å². The Morgan fingerprint density at radius 1 is 1.40 bits per heavy atom. The second-order valence-corrected chi connectivity index (χ2v) is 5.07. The van der Waals surface area contributed by atoms with Crippen LogP contribution in [0.3, 0.4) is 0 Å². The zero-order chi connectivity index (χ0) is 11.5. The van der Waals surface area contributed by atoms with Gasteiger partial charge in [-0.3, -0.25) is 5.32 Å². The van der Waals surface area contributed by atoms with Gasteiger partial charge in [-0.05, 0) is 25.5 Å². The minimum atomic E-state index is -0.465. The standard InChI is InChI=1S/C12H19N3/c1-11(2,10-5-6-14-7-10)9-15-12(3,4)8-13/h5-7,14-15H,9H2,1-4H3. The molecule has 1 aromatic heterocycles. The number of aromatic amines is 1. The molecule has 1 rings (SSSR count). The van der Waals surface area contributed by atoms with E-state index >= 15 is 0 Å². The number of rotatable bonds is 4. The van der Waals surface area contributed by atoms with Gasteiger partial charge >= 0.3 is 0 Å². The van der Waals surface area contributed by atoms with E-state index in [9.17, 15) is 0 Å². The van der Waals surface area contributed by atoms with Crippen molar-refractivity contribution in [2.45, 2.75) is 38.6 Å². The van der Waals surface area contributed by atoms with Crippen molar-refractivity contribution in [2.75, 3.05) is 6.54 Å². The van der Waals surface area contributed by atoms with Crippen molar-refractivity contribution in [3.05, 3.63) is 24.0 Å². The van der Waals surface area contributed by atoms with Crippen molar-refractivity contribution in [2.24, 2.45) is 0 Å². The van der Waals surface area contributed by atoms with E-state index in [1.54, 1.807) is 0 Å². The van der Waals surface area contributed by atoms with E-state index in [1.807, 2.05) is 26.2 Å². The van der Waals surface area contributed by atoms with Crippen LogP contribution in [0.15, 0.2) is 18.5 Å². The normalized spacial score (nSPS) is 12.5. The average molecular weight is 205 g/mol. The third kappa shape index (κ3) is 3.10. The van der Waals surface area contributed by atoms with E-state index in [0.717, 1.165) is 6.54 Å². The molecule has 0 spiro atoms. The van der Waals surface area contributed by atoms with Gasteiger partial charge in [0.25, 0.3) is 0 Å². The van der Waals surface area contributed by atoms with Crippen LogP contribution in [0.1, 0.15) is 33.3 Å². The molecule has 0 aromatic carbocycles. The molecule has 0 unspecified atom stereocenters. The van der Waals surface area contributed by atoms with E-state index in [-0.39, 0.29) is 5.41 Å². The molecule has 3 heteroatoms. The van der Waals surface area contributed by atoms with Gasteiger partial charge < -0.3 is 4.98 Å². The van der Waals surface area contributed by atoms with Crippen LogP contribution in [0.25, 0.3) is 0 Å². The predicted octanol–water partition coefficient (Wildman–Crippen LogP) is 2.18. The molecular formula is C12H19N3. The number of hydrogen-bond donors (Lipinski definition) is 2. The molecule has 0 aliphatic heterocycles. The second-order valence-electron chi connectivity index (χ2n) is 5.07. The van der Waals surface area contributed by atoms with Crippen LogP contribution in [-0.4, -0.2) is 17.1 Å². The molecule has 0 atom stereocenters. The van der Waals surface area contributed by atoms with Crippen LogP contribution in [0, 0.1) is 11.3 Å². The molecule has 2 N–H and O–H groups in total. The summed E-state index contributed by atoms with van der Waals surface area (Å²) in [6, 6.07) is 4.31. The topological polar surface area (TPSA) is 51.6 Å². The van der Waals surface area contributed by atoms with Crippen LogP contribution in [-0.2, 0) is 5.41 Å². The first kappa shape index (κ1) is 11.8. The van der Waals surface area contributed by atoms with Gasteiger partial charge in [-0.25, -0.2) is 0 Å². The van der Waals surface area contributed by atoms with E-state index in [0.29, 0.717) is 0 Å². The number of nitrogens with one attached hydrogen (secondary N) is 2. The lowest BCUT2D eigenvalue weighted by molar-refractivity contribution is 0.397. The summed E-state index contributed by atoms with van der Waals surface area (Å²) in [5, 5.41) is 12.2. The third-order valence-electron chi connectivity index (χ3n) is 2.63. The molecule has 0 fully saturated rings. The molecule has 0 aliphatic carbocycles. The number of hydrogen-bond acceptors (Lipinski definition) is 2. The van der Waals surface area contributed by atoms with Gasteiger partial charge in [0.2, 0.25) is 0 Å². The van der Waals surface area contributed by atoms with E-state index in [1.165, 1.54) is 5.56 Å². The molecule has 0 saturated heterocycles. The highest BCUT2D eigenvalue weighted by Gasteiger charge is 2.25. The van der Waals surface area contributed by atoms with Gasteiger partial charge in [-0.1, -0.05) is 13.8 Å². The van der Waals surface area contributed by atoms with Crippen molar-refractivity contribution >= 4 is 0 Å². The summed E-state index contributed by atoms with van der Waals surface area (Å²) in [6.45, 7) is 8.89. The quantitative estimate of drug-likeness (QED) is 0.791. The van der Waals surface area contributed by atoms with Crippen LogP contribution < -0.4 is 5.32 Å². The van der Waals surface area contributed by atoms with E-state index in [4.69, 9.17) is 5.26 Å². The molecule has 1 heterocycles. The van der Waals surface area contributed by atoms with Crippen LogP contribution in [0.2, 0.25) is 0 Å². The molecule has 1 aromatic rings. The highest BCUT2D eigenvalue weighted by Crippen LogP contribution is 2.22. The first-order valence-electron chi connectivity index (χ1n) is 5.17. The Morgan fingerprint density at radius 2 is 2.07 bits per heavy atom. The van der Waals surface area contributed by atoms with Crippen molar-refractivity contribution in [1.82, 2.24) is 10.3 Å². The Labute approximate surface area is 91.5 Å². The number of aromatic nitrogens is 1. The third-order valence-corrected chi connectivity index (χ3v) is 2.63. The monoisotopic (exact) mass is 205 g/mol. The molecule has 0 aliphatic rings. The molecule has 15 heavy (non-hydrogen) atoms. The number of nitriles is 1. The van der Waals surface area contributed by atoms with Gasteiger partial charge in [-0.15, -0.1) is 0 Å². The maximum absolute atomic E-state index is 8.90. The molecule has 0 saturated carbocycles. The maximum atomic E-state index is 8.90. The van der Waals surface area contributed by atoms with Crippen molar-refractivity contribution in [3.63, 3.8) is 0 Å². The molecule has 3 nitrogen and oxygen atoms in total. The lowest BCUT2D eigenvalue weighted by atomic mass is 9.85.